The molecule has 1 aromatic rings. The van der Waals surface area contributed by atoms with Crippen LogP contribution < -0.4 is 5.32 Å². The van der Waals surface area contributed by atoms with E-state index in [4.69, 9.17) is 0 Å². The first kappa shape index (κ1) is 13.6. The minimum absolute atomic E-state index is 0.649. The molecule has 1 N–H and O–H groups in total. The molecule has 1 heteroatoms. The van der Waals surface area contributed by atoms with Gasteiger partial charge in [-0.15, -0.1) is 0 Å². The number of hydrogen-bond acceptors (Lipinski definition) is 1. The average Bonchev–Trinajstić information content (AvgIpc) is 2.41. The van der Waals surface area contributed by atoms with Gasteiger partial charge in [-0.25, -0.2) is 0 Å². The van der Waals surface area contributed by atoms with Crippen LogP contribution in [-0.4, -0.2) is 13.1 Å². The third kappa shape index (κ3) is 2.95. The zero-order valence-electron chi connectivity index (χ0n) is 12.0. The van der Waals surface area contributed by atoms with Gasteiger partial charge < -0.3 is 5.32 Å². The summed E-state index contributed by atoms with van der Waals surface area (Å²) in [5.74, 6) is 2.26. The lowest BCUT2D eigenvalue weighted by atomic mass is 9.70. The molecule has 0 aliphatic heterocycles. The van der Waals surface area contributed by atoms with Crippen LogP contribution in [0.25, 0.3) is 0 Å². The van der Waals surface area contributed by atoms with E-state index in [1.807, 2.05) is 0 Å². The van der Waals surface area contributed by atoms with Crippen LogP contribution in [0.4, 0.5) is 0 Å². The van der Waals surface area contributed by atoms with Gasteiger partial charge in [0.25, 0.3) is 0 Å². The molecule has 0 radical (unpaired) electrons. The fourth-order valence-corrected chi connectivity index (χ4v) is 3.75. The Labute approximate surface area is 112 Å². The van der Waals surface area contributed by atoms with Crippen LogP contribution in [0.1, 0.15) is 51.0 Å². The molecule has 0 saturated heterocycles. The summed E-state index contributed by atoms with van der Waals surface area (Å²) in [5.41, 5.74) is 1.54. The highest BCUT2D eigenvalue weighted by Crippen LogP contribution is 2.40. The van der Waals surface area contributed by atoms with Crippen molar-refractivity contribution in [2.24, 2.45) is 11.8 Å². The second-order valence-electron chi connectivity index (χ2n) is 6.02. The Morgan fingerprint density at radius 3 is 2.33 bits per heavy atom. The maximum Gasteiger partial charge on any atom is 0.0121 e. The molecule has 0 heterocycles. The van der Waals surface area contributed by atoms with E-state index in [9.17, 15) is 0 Å². The van der Waals surface area contributed by atoms with Gasteiger partial charge in [-0.3, -0.25) is 0 Å². The van der Waals surface area contributed by atoms with E-state index in [2.05, 4.69) is 56.5 Å². The summed E-state index contributed by atoms with van der Waals surface area (Å²) in [5, 5.41) is 3.57. The minimum atomic E-state index is 0.649. The van der Waals surface area contributed by atoms with E-state index in [1.165, 1.54) is 25.7 Å². The molecule has 1 fully saturated rings. The summed E-state index contributed by atoms with van der Waals surface area (Å²) in [6, 6.07) is 11.8. The maximum absolute atomic E-state index is 3.57. The topological polar surface area (TPSA) is 12.0 Å². The molecule has 3 atom stereocenters. The lowest BCUT2D eigenvalue weighted by Gasteiger charge is -2.39. The van der Waals surface area contributed by atoms with Crippen LogP contribution in [0.2, 0.25) is 0 Å². The molecule has 1 aromatic carbocycles. The Morgan fingerprint density at radius 1 is 1.06 bits per heavy atom. The van der Waals surface area contributed by atoms with E-state index < -0.39 is 0 Å². The molecule has 1 aliphatic carbocycles. The van der Waals surface area contributed by atoms with E-state index in [-0.39, 0.29) is 0 Å². The molecule has 0 spiro atoms. The lowest BCUT2D eigenvalue weighted by Crippen LogP contribution is -2.42. The van der Waals surface area contributed by atoms with Crippen molar-refractivity contribution in [2.75, 3.05) is 7.05 Å². The summed E-state index contributed by atoms with van der Waals surface area (Å²) >= 11 is 0. The van der Waals surface area contributed by atoms with Gasteiger partial charge in [-0.05, 0) is 43.2 Å². The smallest absolute Gasteiger partial charge is 0.0121 e. The Morgan fingerprint density at radius 2 is 1.72 bits per heavy atom. The minimum Gasteiger partial charge on any atom is -0.316 e. The quantitative estimate of drug-likeness (QED) is 0.838. The van der Waals surface area contributed by atoms with Crippen LogP contribution in [0.5, 0.6) is 0 Å². The molecule has 1 saturated carbocycles. The van der Waals surface area contributed by atoms with Crippen LogP contribution in [-0.2, 0) is 0 Å². The Bertz CT molecular complexity index is 344. The van der Waals surface area contributed by atoms with E-state index >= 15 is 0 Å². The van der Waals surface area contributed by atoms with Crippen LogP contribution in [0.3, 0.4) is 0 Å². The Hall–Kier alpha value is -0.820. The van der Waals surface area contributed by atoms with Gasteiger partial charge in [0.2, 0.25) is 0 Å². The largest absolute Gasteiger partial charge is 0.316 e. The molecule has 1 aliphatic rings. The molecular weight excluding hydrogens is 218 g/mol. The lowest BCUT2D eigenvalue weighted by molar-refractivity contribution is 0.202. The monoisotopic (exact) mass is 245 g/mol. The van der Waals surface area contributed by atoms with Crippen molar-refractivity contribution in [1.82, 2.24) is 5.32 Å². The summed E-state index contributed by atoms with van der Waals surface area (Å²) in [4.78, 5) is 0. The number of rotatable bonds is 4. The van der Waals surface area contributed by atoms with Crippen molar-refractivity contribution < 1.29 is 0 Å². The Kier molecular flexibility index (Phi) is 4.82. The Balaban J connectivity index is 2.20. The summed E-state index contributed by atoms with van der Waals surface area (Å²) < 4.78 is 0. The highest BCUT2D eigenvalue weighted by atomic mass is 14.9. The van der Waals surface area contributed by atoms with Gasteiger partial charge in [0.1, 0.15) is 0 Å². The summed E-state index contributed by atoms with van der Waals surface area (Å²) in [6.07, 6.45) is 5.53. The van der Waals surface area contributed by atoms with Crippen molar-refractivity contribution in [3.63, 3.8) is 0 Å². The summed E-state index contributed by atoms with van der Waals surface area (Å²) in [6.45, 7) is 4.69. The molecule has 100 valence electrons. The molecule has 2 rings (SSSR count). The van der Waals surface area contributed by atoms with Crippen LogP contribution in [0, 0.1) is 11.8 Å². The predicted molar refractivity (Wildman–Crippen MR) is 78.8 cm³/mol. The molecule has 0 aromatic heterocycles. The van der Waals surface area contributed by atoms with Crippen molar-refractivity contribution in [1.29, 1.82) is 0 Å². The van der Waals surface area contributed by atoms with Crippen molar-refractivity contribution in [2.45, 2.75) is 51.5 Å². The van der Waals surface area contributed by atoms with Crippen molar-refractivity contribution in [3.05, 3.63) is 35.9 Å². The van der Waals surface area contributed by atoms with E-state index in [0.717, 1.165) is 11.8 Å². The van der Waals surface area contributed by atoms with Crippen LogP contribution >= 0.6 is 0 Å². The first-order valence-electron chi connectivity index (χ1n) is 7.46. The highest BCUT2D eigenvalue weighted by Gasteiger charge is 2.33. The molecule has 18 heavy (non-hydrogen) atoms. The van der Waals surface area contributed by atoms with Gasteiger partial charge in [0, 0.05) is 6.04 Å². The van der Waals surface area contributed by atoms with E-state index in [0.29, 0.717) is 12.0 Å². The highest BCUT2D eigenvalue weighted by molar-refractivity contribution is 5.21. The molecule has 0 amide bonds. The first-order valence-corrected chi connectivity index (χ1v) is 7.46. The summed E-state index contributed by atoms with van der Waals surface area (Å²) in [7, 11) is 2.13. The first-order chi connectivity index (χ1) is 8.74. The predicted octanol–water partition coefficient (Wildman–Crippen LogP) is 4.20. The van der Waals surface area contributed by atoms with Gasteiger partial charge in [-0.2, -0.15) is 0 Å². The number of benzene rings is 1. The fourth-order valence-electron chi connectivity index (χ4n) is 3.75. The average molecular weight is 245 g/mol. The third-order valence-electron chi connectivity index (χ3n) is 4.56. The van der Waals surface area contributed by atoms with Crippen molar-refractivity contribution in [3.8, 4) is 0 Å². The second-order valence-corrected chi connectivity index (χ2v) is 6.02. The standard InChI is InChI=1S/C17H27N/c1-13(2)17(18-3)16-12-8-7-11-15(16)14-9-5-4-6-10-14/h4-6,9-10,13,15-18H,7-8,11-12H2,1-3H3. The van der Waals surface area contributed by atoms with Gasteiger partial charge in [-0.1, -0.05) is 57.0 Å². The zero-order chi connectivity index (χ0) is 13.0. The van der Waals surface area contributed by atoms with Gasteiger partial charge >= 0.3 is 0 Å². The normalized spacial score (nSPS) is 26.2. The van der Waals surface area contributed by atoms with E-state index in [1.54, 1.807) is 5.56 Å². The molecular formula is C17H27N. The molecule has 0 bridgehead atoms. The maximum atomic E-state index is 3.57. The van der Waals surface area contributed by atoms with Gasteiger partial charge in [0.05, 0.1) is 0 Å². The zero-order valence-corrected chi connectivity index (χ0v) is 12.0. The third-order valence-corrected chi connectivity index (χ3v) is 4.56. The fraction of sp³-hybridized carbons (Fsp3) is 0.647. The number of nitrogens with one attached hydrogen (secondary N) is 1. The van der Waals surface area contributed by atoms with Crippen LogP contribution in [0.15, 0.2) is 30.3 Å². The SMILES string of the molecule is CNC(C(C)C)C1CCCCC1c1ccccc1. The molecule has 3 unspecified atom stereocenters. The second kappa shape index (κ2) is 6.38. The number of hydrogen-bond donors (Lipinski definition) is 1. The van der Waals surface area contributed by atoms with Crippen molar-refractivity contribution >= 4 is 0 Å². The molecule has 1 nitrogen and oxygen atoms in total. The van der Waals surface area contributed by atoms with Gasteiger partial charge in [0.15, 0.2) is 0 Å².